The first-order valence-electron chi connectivity index (χ1n) is 7.85. The van der Waals surface area contributed by atoms with Crippen LogP contribution in [0.5, 0.6) is 11.5 Å². The van der Waals surface area contributed by atoms with Crippen LogP contribution in [0.4, 0.5) is 0 Å². The van der Waals surface area contributed by atoms with Crippen LogP contribution in [-0.4, -0.2) is 43.4 Å². The van der Waals surface area contributed by atoms with Gasteiger partial charge < -0.3 is 25.6 Å². The van der Waals surface area contributed by atoms with Crippen molar-refractivity contribution in [3.8, 4) is 11.5 Å². The second kappa shape index (κ2) is 9.88. The number of aliphatic hydroxyl groups is 1. The fraction of sp³-hybridized carbons (Fsp3) is 0.278. The first-order chi connectivity index (χ1) is 12.1. The Bertz CT molecular complexity index is 679. The number of primary amides is 1. The first kappa shape index (κ1) is 19.1. The summed E-state index contributed by atoms with van der Waals surface area (Å²) < 4.78 is 11.0. The highest BCUT2D eigenvalue weighted by Gasteiger charge is 2.07. The van der Waals surface area contributed by atoms with Crippen LogP contribution in [0.25, 0.3) is 0 Å². The molecule has 0 aliphatic heterocycles. The summed E-state index contributed by atoms with van der Waals surface area (Å²) in [6.07, 6.45) is -0.661. The molecule has 2 aromatic carbocycles. The van der Waals surface area contributed by atoms with E-state index in [1.165, 1.54) is 0 Å². The van der Waals surface area contributed by atoms with Gasteiger partial charge in [-0.05, 0) is 36.4 Å². The lowest BCUT2D eigenvalue weighted by Crippen LogP contribution is -2.33. The molecule has 0 aliphatic carbocycles. The van der Waals surface area contributed by atoms with Crippen LogP contribution in [0.3, 0.4) is 0 Å². The summed E-state index contributed by atoms with van der Waals surface area (Å²) >= 11 is 5.97. The van der Waals surface area contributed by atoms with Crippen molar-refractivity contribution in [2.24, 2.45) is 5.73 Å². The van der Waals surface area contributed by atoms with E-state index in [9.17, 15) is 9.90 Å². The standard InChI is InChI=1S/C18H21ClN2O4/c19-16-3-1-2-4-17(16)25-12-14(22)11-21-9-10-24-15-7-5-13(6-8-15)18(20)23/h1-8,14,21-22H,9-12H2,(H2,20,23). The second-order valence-electron chi connectivity index (χ2n) is 5.34. The molecule has 2 rings (SSSR count). The number of ether oxygens (including phenoxy) is 2. The third-order valence-corrected chi connectivity index (χ3v) is 3.65. The van der Waals surface area contributed by atoms with Gasteiger partial charge in [-0.2, -0.15) is 0 Å². The number of hydrogen-bond acceptors (Lipinski definition) is 5. The van der Waals surface area contributed by atoms with E-state index in [1.807, 2.05) is 12.1 Å². The maximum Gasteiger partial charge on any atom is 0.248 e. The van der Waals surface area contributed by atoms with Gasteiger partial charge in [-0.25, -0.2) is 0 Å². The molecule has 0 radical (unpaired) electrons. The molecule has 1 amide bonds. The molecule has 0 saturated heterocycles. The number of halogens is 1. The van der Waals surface area contributed by atoms with E-state index in [1.54, 1.807) is 36.4 Å². The molecule has 6 nitrogen and oxygen atoms in total. The fourth-order valence-corrected chi connectivity index (χ4v) is 2.22. The molecular formula is C18H21ClN2O4. The Kier molecular flexibility index (Phi) is 7.53. The molecule has 2 aromatic rings. The molecule has 7 heteroatoms. The Hall–Kier alpha value is -2.28. The van der Waals surface area contributed by atoms with Gasteiger partial charge in [0.05, 0.1) is 5.02 Å². The molecule has 4 N–H and O–H groups in total. The van der Waals surface area contributed by atoms with Gasteiger partial charge in [-0.3, -0.25) is 4.79 Å². The fourth-order valence-electron chi connectivity index (χ4n) is 2.03. The van der Waals surface area contributed by atoms with Crippen LogP contribution in [0.2, 0.25) is 5.02 Å². The average Bonchev–Trinajstić information content (AvgIpc) is 2.61. The molecule has 134 valence electrons. The molecule has 1 unspecified atom stereocenters. The zero-order valence-corrected chi connectivity index (χ0v) is 14.4. The van der Waals surface area contributed by atoms with E-state index in [0.29, 0.717) is 41.8 Å². The van der Waals surface area contributed by atoms with Crippen molar-refractivity contribution in [1.29, 1.82) is 0 Å². The number of nitrogens with two attached hydrogens (primary N) is 1. The van der Waals surface area contributed by atoms with Gasteiger partial charge in [-0.15, -0.1) is 0 Å². The average molecular weight is 365 g/mol. The monoisotopic (exact) mass is 364 g/mol. The second-order valence-corrected chi connectivity index (χ2v) is 5.74. The lowest BCUT2D eigenvalue weighted by atomic mass is 10.2. The normalized spacial score (nSPS) is 11.8. The Morgan fingerprint density at radius 2 is 1.88 bits per heavy atom. The van der Waals surface area contributed by atoms with Crippen molar-refractivity contribution >= 4 is 17.5 Å². The highest BCUT2D eigenvalue weighted by atomic mass is 35.5. The Labute approximate surface area is 151 Å². The lowest BCUT2D eigenvalue weighted by Gasteiger charge is -2.14. The molecule has 0 aliphatic rings. The molecule has 0 heterocycles. The maximum absolute atomic E-state index is 11.0. The Morgan fingerprint density at radius 1 is 1.16 bits per heavy atom. The minimum atomic E-state index is -0.661. The summed E-state index contributed by atoms with van der Waals surface area (Å²) in [5.41, 5.74) is 5.61. The summed E-state index contributed by atoms with van der Waals surface area (Å²) in [6.45, 7) is 1.50. The predicted molar refractivity (Wildman–Crippen MR) is 96.3 cm³/mol. The summed E-state index contributed by atoms with van der Waals surface area (Å²) in [6, 6.07) is 13.7. The number of aliphatic hydroxyl groups excluding tert-OH is 1. The number of carbonyl (C=O) groups is 1. The number of rotatable bonds is 10. The lowest BCUT2D eigenvalue weighted by molar-refractivity contribution is 0.1000. The number of amides is 1. The molecule has 1 atom stereocenters. The molecule has 0 fully saturated rings. The van der Waals surface area contributed by atoms with E-state index in [2.05, 4.69) is 5.32 Å². The van der Waals surface area contributed by atoms with Gasteiger partial charge in [0.15, 0.2) is 0 Å². The molecule has 0 spiro atoms. The van der Waals surface area contributed by atoms with E-state index in [0.717, 1.165) is 0 Å². The number of nitrogens with one attached hydrogen (secondary N) is 1. The van der Waals surface area contributed by atoms with Crippen LogP contribution < -0.4 is 20.5 Å². The van der Waals surface area contributed by atoms with Crippen molar-refractivity contribution in [1.82, 2.24) is 5.32 Å². The predicted octanol–water partition coefficient (Wildman–Crippen LogP) is 1.85. The van der Waals surface area contributed by atoms with E-state index in [4.69, 9.17) is 26.8 Å². The number of benzene rings is 2. The minimum Gasteiger partial charge on any atom is -0.492 e. The van der Waals surface area contributed by atoms with Crippen molar-refractivity contribution in [2.45, 2.75) is 6.10 Å². The summed E-state index contributed by atoms with van der Waals surface area (Å²) in [7, 11) is 0. The van der Waals surface area contributed by atoms with Gasteiger partial charge >= 0.3 is 0 Å². The van der Waals surface area contributed by atoms with Crippen LogP contribution >= 0.6 is 11.6 Å². The van der Waals surface area contributed by atoms with Crippen LogP contribution in [0, 0.1) is 0 Å². The van der Waals surface area contributed by atoms with Gasteiger partial charge in [0.2, 0.25) is 5.91 Å². The van der Waals surface area contributed by atoms with E-state index in [-0.39, 0.29) is 6.61 Å². The van der Waals surface area contributed by atoms with Crippen LogP contribution in [0.1, 0.15) is 10.4 Å². The quantitative estimate of drug-likeness (QED) is 0.559. The van der Waals surface area contributed by atoms with Gasteiger partial charge in [-0.1, -0.05) is 23.7 Å². The molecule has 0 bridgehead atoms. The van der Waals surface area contributed by atoms with Gasteiger partial charge in [0.1, 0.15) is 30.8 Å². The third kappa shape index (κ3) is 6.62. The van der Waals surface area contributed by atoms with Crippen molar-refractivity contribution in [3.05, 3.63) is 59.1 Å². The summed E-state index contributed by atoms with van der Waals surface area (Å²) in [5, 5.41) is 13.5. The third-order valence-electron chi connectivity index (χ3n) is 3.33. The Balaban J connectivity index is 1.59. The van der Waals surface area contributed by atoms with Crippen molar-refractivity contribution in [2.75, 3.05) is 26.3 Å². The highest BCUT2D eigenvalue weighted by Crippen LogP contribution is 2.23. The zero-order chi connectivity index (χ0) is 18.1. The molecule has 0 aromatic heterocycles. The maximum atomic E-state index is 11.0. The van der Waals surface area contributed by atoms with Crippen LogP contribution in [-0.2, 0) is 0 Å². The largest absolute Gasteiger partial charge is 0.492 e. The summed E-state index contributed by atoms with van der Waals surface area (Å²) in [5.74, 6) is 0.724. The van der Waals surface area contributed by atoms with Gasteiger partial charge in [0.25, 0.3) is 0 Å². The van der Waals surface area contributed by atoms with Crippen molar-refractivity contribution < 1.29 is 19.4 Å². The minimum absolute atomic E-state index is 0.145. The van der Waals surface area contributed by atoms with Gasteiger partial charge in [0, 0.05) is 18.7 Å². The molecule has 0 saturated carbocycles. The first-order valence-corrected chi connectivity index (χ1v) is 8.23. The highest BCUT2D eigenvalue weighted by molar-refractivity contribution is 6.32. The molecular weight excluding hydrogens is 344 g/mol. The van der Waals surface area contributed by atoms with Crippen LogP contribution in [0.15, 0.2) is 48.5 Å². The summed E-state index contributed by atoms with van der Waals surface area (Å²) in [4.78, 5) is 11.0. The SMILES string of the molecule is NC(=O)c1ccc(OCCNCC(O)COc2ccccc2Cl)cc1. The number of carbonyl (C=O) groups excluding carboxylic acids is 1. The molecule has 25 heavy (non-hydrogen) atoms. The van der Waals surface area contributed by atoms with E-state index < -0.39 is 12.0 Å². The smallest absolute Gasteiger partial charge is 0.248 e. The van der Waals surface area contributed by atoms with E-state index >= 15 is 0 Å². The number of para-hydroxylation sites is 1. The number of hydrogen-bond donors (Lipinski definition) is 3. The Morgan fingerprint density at radius 3 is 2.56 bits per heavy atom. The topological polar surface area (TPSA) is 93.8 Å². The zero-order valence-electron chi connectivity index (χ0n) is 13.7. The van der Waals surface area contributed by atoms with Crippen molar-refractivity contribution in [3.63, 3.8) is 0 Å².